The zero-order valence-corrected chi connectivity index (χ0v) is 13.8. The van der Waals surface area contributed by atoms with E-state index in [2.05, 4.69) is 9.71 Å². The Labute approximate surface area is 135 Å². The lowest BCUT2D eigenvalue weighted by atomic mass is 10.2. The summed E-state index contributed by atoms with van der Waals surface area (Å²) in [6.45, 7) is 5.14. The number of benzene rings is 1. The second-order valence-electron chi connectivity index (χ2n) is 5.72. The molecule has 0 radical (unpaired) electrons. The van der Waals surface area contributed by atoms with Gasteiger partial charge in [0.05, 0.1) is 17.6 Å². The molecule has 23 heavy (non-hydrogen) atoms. The molecule has 124 valence electrons. The average Bonchev–Trinajstić information content (AvgIpc) is 2.78. The maximum atomic E-state index is 12.5. The Hall–Kier alpha value is -1.93. The van der Waals surface area contributed by atoms with E-state index in [1.807, 2.05) is 6.92 Å². The largest absolute Gasteiger partial charge is 0.375 e. The second-order valence-corrected chi connectivity index (χ2v) is 7.37. The van der Waals surface area contributed by atoms with Crippen molar-refractivity contribution in [1.82, 2.24) is 9.62 Å². The quantitative estimate of drug-likeness (QED) is 0.844. The molecule has 2 aliphatic rings. The van der Waals surface area contributed by atoms with Crippen molar-refractivity contribution in [3.63, 3.8) is 0 Å². The summed E-state index contributed by atoms with van der Waals surface area (Å²) in [6, 6.07) is 5.94. The number of fused-ring (bicyclic) bond motifs is 1. The normalized spacial score (nSPS) is 25.7. The highest BCUT2D eigenvalue weighted by Gasteiger charge is 2.32. The van der Waals surface area contributed by atoms with Gasteiger partial charge in [-0.25, -0.2) is 8.42 Å². The van der Waals surface area contributed by atoms with Crippen molar-refractivity contribution in [2.75, 3.05) is 19.7 Å². The van der Waals surface area contributed by atoms with Crippen LogP contribution in [0.3, 0.4) is 0 Å². The van der Waals surface area contributed by atoms with Crippen molar-refractivity contribution in [2.24, 2.45) is 4.99 Å². The third kappa shape index (κ3) is 3.09. The van der Waals surface area contributed by atoms with Crippen molar-refractivity contribution in [2.45, 2.75) is 30.9 Å². The number of morpholine rings is 1. The highest BCUT2D eigenvalue weighted by molar-refractivity contribution is 7.90. The summed E-state index contributed by atoms with van der Waals surface area (Å²) in [6.07, 6.45) is -0.00161. The van der Waals surface area contributed by atoms with Crippen LogP contribution in [-0.4, -0.2) is 56.9 Å². The number of carbonyl (C=O) groups excluding carboxylic acids is 1. The Morgan fingerprint density at radius 1 is 1.43 bits per heavy atom. The van der Waals surface area contributed by atoms with Gasteiger partial charge in [-0.05, 0) is 26.0 Å². The SMILES string of the molecule is C[C@@H]1CN(C(=O)[C@@H](C)N=C2NS(=O)(=O)c3ccccc32)CCO1. The zero-order chi connectivity index (χ0) is 16.6. The second kappa shape index (κ2) is 5.93. The van der Waals surface area contributed by atoms with Gasteiger partial charge in [0.2, 0.25) is 5.91 Å². The highest BCUT2D eigenvalue weighted by atomic mass is 32.2. The molecule has 8 heteroatoms. The smallest absolute Gasteiger partial charge is 0.263 e. The predicted molar refractivity (Wildman–Crippen MR) is 84.8 cm³/mol. The van der Waals surface area contributed by atoms with E-state index < -0.39 is 16.1 Å². The molecule has 0 saturated carbocycles. The van der Waals surface area contributed by atoms with Gasteiger partial charge in [-0.3, -0.25) is 14.5 Å². The fourth-order valence-corrected chi connectivity index (χ4v) is 4.00. The number of ether oxygens (including phenoxy) is 1. The Morgan fingerprint density at radius 3 is 2.91 bits per heavy atom. The Morgan fingerprint density at radius 2 is 2.17 bits per heavy atom. The molecule has 3 rings (SSSR count). The van der Waals surface area contributed by atoms with E-state index in [1.165, 1.54) is 6.07 Å². The third-order valence-corrected chi connectivity index (χ3v) is 5.29. The van der Waals surface area contributed by atoms with Gasteiger partial charge in [0.25, 0.3) is 10.0 Å². The maximum Gasteiger partial charge on any atom is 0.263 e. The number of sulfonamides is 1. The van der Waals surface area contributed by atoms with Crippen LogP contribution in [0, 0.1) is 0 Å². The topological polar surface area (TPSA) is 88.1 Å². The molecular weight excluding hydrogens is 318 g/mol. The number of rotatable bonds is 2. The standard InChI is InChI=1S/C15H19N3O4S/c1-10-9-18(7-8-22-10)15(19)11(2)16-14-12-5-3-4-6-13(12)23(20,21)17-14/h3-6,10-11H,7-9H2,1-2H3,(H,16,17)/t10-,11-/m1/s1. The summed E-state index contributed by atoms with van der Waals surface area (Å²) >= 11 is 0. The molecule has 1 aromatic carbocycles. The van der Waals surface area contributed by atoms with E-state index in [9.17, 15) is 13.2 Å². The van der Waals surface area contributed by atoms with Crippen LogP contribution in [0.5, 0.6) is 0 Å². The van der Waals surface area contributed by atoms with E-state index in [0.29, 0.717) is 25.3 Å². The van der Waals surface area contributed by atoms with Crippen molar-refractivity contribution in [1.29, 1.82) is 0 Å². The summed E-state index contributed by atoms with van der Waals surface area (Å²) in [5.41, 5.74) is 0.502. The van der Waals surface area contributed by atoms with Crippen LogP contribution >= 0.6 is 0 Å². The molecule has 7 nitrogen and oxygen atoms in total. The molecule has 0 aromatic heterocycles. The number of nitrogens with one attached hydrogen (secondary N) is 1. The Kier molecular flexibility index (Phi) is 4.11. The summed E-state index contributed by atoms with van der Waals surface area (Å²) in [5, 5.41) is 0. The lowest BCUT2D eigenvalue weighted by Crippen LogP contribution is -2.47. The van der Waals surface area contributed by atoms with Crippen LogP contribution < -0.4 is 4.72 Å². The number of nitrogens with zero attached hydrogens (tertiary/aromatic N) is 2. The van der Waals surface area contributed by atoms with Crippen molar-refractivity contribution in [3.8, 4) is 0 Å². The first kappa shape index (κ1) is 15.9. The Bertz CT molecular complexity index is 760. The molecular formula is C15H19N3O4S. The van der Waals surface area contributed by atoms with E-state index >= 15 is 0 Å². The van der Waals surface area contributed by atoms with E-state index in [0.717, 1.165) is 0 Å². The number of carbonyl (C=O) groups is 1. The molecule has 1 saturated heterocycles. The number of aliphatic imine (C=N–C) groups is 1. The zero-order valence-electron chi connectivity index (χ0n) is 13.0. The first-order valence-electron chi connectivity index (χ1n) is 7.49. The number of amides is 1. The van der Waals surface area contributed by atoms with Crippen LogP contribution in [0.4, 0.5) is 0 Å². The molecule has 2 heterocycles. The molecule has 0 spiro atoms. The van der Waals surface area contributed by atoms with Crippen LogP contribution in [0.15, 0.2) is 34.2 Å². The van der Waals surface area contributed by atoms with E-state index in [1.54, 1.807) is 30.0 Å². The molecule has 1 aromatic rings. The number of hydrogen-bond donors (Lipinski definition) is 1. The van der Waals surface area contributed by atoms with Gasteiger partial charge in [-0.15, -0.1) is 0 Å². The molecule has 0 aliphatic carbocycles. The summed E-state index contributed by atoms with van der Waals surface area (Å²) < 4.78 is 32.0. The fourth-order valence-electron chi connectivity index (χ4n) is 2.76. The molecule has 0 bridgehead atoms. The van der Waals surface area contributed by atoms with Gasteiger partial charge >= 0.3 is 0 Å². The van der Waals surface area contributed by atoms with Crippen LogP contribution in [-0.2, 0) is 19.6 Å². The summed E-state index contributed by atoms with van der Waals surface area (Å²) in [5.74, 6) is 0.0963. The molecule has 1 amide bonds. The molecule has 2 atom stereocenters. The average molecular weight is 337 g/mol. The molecule has 1 fully saturated rings. The first-order valence-corrected chi connectivity index (χ1v) is 8.97. The van der Waals surface area contributed by atoms with E-state index in [4.69, 9.17) is 4.74 Å². The van der Waals surface area contributed by atoms with Gasteiger partial charge in [-0.1, -0.05) is 12.1 Å². The van der Waals surface area contributed by atoms with Gasteiger partial charge in [-0.2, -0.15) is 0 Å². The van der Waals surface area contributed by atoms with Crippen molar-refractivity contribution < 1.29 is 17.9 Å². The van der Waals surface area contributed by atoms with Crippen molar-refractivity contribution >= 4 is 21.8 Å². The van der Waals surface area contributed by atoms with Gasteiger partial charge in [0, 0.05) is 18.7 Å². The third-order valence-electron chi connectivity index (χ3n) is 3.90. The van der Waals surface area contributed by atoms with Gasteiger partial charge in [0.1, 0.15) is 11.9 Å². The predicted octanol–water partition coefficient (Wildman–Crippen LogP) is 0.361. The van der Waals surface area contributed by atoms with Crippen molar-refractivity contribution in [3.05, 3.63) is 29.8 Å². The molecule has 2 aliphatic heterocycles. The fraction of sp³-hybridized carbons (Fsp3) is 0.467. The maximum absolute atomic E-state index is 12.5. The van der Waals surface area contributed by atoms with Gasteiger partial charge in [0.15, 0.2) is 0 Å². The Balaban J connectivity index is 1.83. The van der Waals surface area contributed by atoms with Crippen LogP contribution in [0.2, 0.25) is 0 Å². The summed E-state index contributed by atoms with van der Waals surface area (Å²) in [4.78, 5) is 18.7. The number of hydrogen-bond acceptors (Lipinski definition) is 5. The highest BCUT2D eigenvalue weighted by Crippen LogP contribution is 2.22. The minimum atomic E-state index is -3.59. The molecule has 0 unspecified atom stereocenters. The monoisotopic (exact) mass is 337 g/mol. The number of amidine groups is 1. The van der Waals surface area contributed by atoms with Crippen LogP contribution in [0.25, 0.3) is 0 Å². The lowest BCUT2D eigenvalue weighted by molar-refractivity contribution is -0.139. The first-order chi connectivity index (χ1) is 10.9. The van der Waals surface area contributed by atoms with E-state index in [-0.39, 0.29) is 22.7 Å². The van der Waals surface area contributed by atoms with Crippen LogP contribution in [0.1, 0.15) is 19.4 Å². The molecule has 1 N–H and O–H groups in total. The minimum Gasteiger partial charge on any atom is -0.375 e. The summed E-state index contributed by atoms with van der Waals surface area (Å²) in [7, 11) is -3.59. The van der Waals surface area contributed by atoms with Gasteiger partial charge < -0.3 is 9.64 Å². The lowest BCUT2D eigenvalue weighted by Gasteiger charge is -2.32. The minimum absolute atomic E-state index is 0.00161.